The van der Waals surface area contributed by atoms with E-state index in [4.69, 9.17) is 13.2 Å². The first-order valence-corrected chi connectivity index (χ1v) is 8.87. The molecule has 2 rings (SSSR count). The molecule has 106 valence electrons. The Hall–Kier alpha value is -0.720. The maximum absolute atomic E-state index is 12.6. The van der Waals surface area contributed by atoms with E-state index >= 15 is 0 Å². The molecule has 19 heavy (non-hydrogen) atoms. The molecular weight excluding hydrogens is 291 g/mol. The summed E-state index contributed by atoms with van der Waals surface area (Å²) in [6, 6.07) is 6.19. The Morgan fingerprint density at radius 3 is 2.37 bits per heavy atom. The molecule has 0 amide bonds. The molecule has 1 atom stereocenters. The lowest BCUT2D eigenvalue weighted by Crippen LogP contribution is -2.07. The highest BCUT2D eigenvalue weighted by Crippen LogP contribution is 2.65. The zero-order chi connectivity index (χ0) is 14.1. The first kappa shape index (κ1) is 14.7. The highest BCUT2D eigenvalue weighted by atomic mass is 32.2. The van der Waals surface area contributed by atoms with E-state index in [9.17, 15) is 13.0 Å². The van der Waals surface area contributed by atoms with Crippen molar-refractivity contribution in [2.75, 3.05) is 13.2 Å². The summed E-state index contributed by atoms with van der Waals surface area (Å²) in [4.78, 5) is 0.0135. The molecule has 1 aliphatic heterocycles. The van der Waals surface area contributed by atoms with Crippen molar-refractivity contribution in [2.45, 2.75) is 24.6 Å². The molecule has 0 saturated carbocycles. The third-order valence-electron chi connectivity index (χ3n) is 2.58. The Morgan fingerprint density at radius 2 is 1.79 bits per heavy atom. The molecule has 0 aliphatic carbocycles. The Kier molecular flexibility index (Phi) is 4.13. The fourth-order valence-corrected chi connectivity index (χ4v) is 5.53. The Balaban J connectivity index is 2.50. The van der Waals surface area contributed by atoms with Gasteiger partial charge in [0.25, 0.3) is 10.1 Å². The van der Waals surface area contributed by atoms with Gasteiger partial charge in [0, 0.05) is 5.56 Å². The van der Waals surface area contributed by atoms with Crippen LogP contribution in [0.3, 0.4) is 0 Å². The van der Waals surface area contributed by atoms with Gasteiger partial charge in [0.1, 0.15) is 4.90 Å². The highest BCUT2D eigenvalue weighted by Gasteiger charge is 2.48. The summed E-state index contributed by atoms with van der Waals surface area (Å²) in [5, 5.41) is 0. The van der Waals surface area contributed by atoms with Crippen molar-refractivity contribution in [3.63, 3.8) is 0 Å². The number of hydrogen-bond acceptors (Lipinski definition) is 6. The van der Waals surface area contributed by atoms with E-state index in [1.54, 1.807) is 32.0 Å². The second kappa shape index (κ2) is 5.34. The van der Waals surface area contributed by atoms with Crippen LogP contribution in [0, 0.1) is 0 Å². The summed E-state index contributed by atoms with van der Waals surface area (Å²) >= 11 is 0. The molecule has 6 nitrogen and oxygen atoms in total. The average Bonchev–Trinajstić information content (AvgIpc) is 2.64. The summed E-state index contributed by atoms with van der Waals surface area (Å²) < 4.78 is 51.6. The fourth-order valence-electron chi connectivity index (χ4n) is 1.89. The minimum absolute atomic E-state index is 0.0135. The van der Waals surface area contributed by atoms with Crippen LogP contribution in [-0.2, 0) is 27.9 Å². The van der Waals surface area contributed by atoms with E-state index in [-0.39, 0.29) is 18.1 Å². The SMILES string of the molecule is CCOP(=O)(OCC)C1OS(=O)(=O)c2ccccc21. The molecular formula is C11H15O6PS. The molecule has 0 bridgehead atoms. The Labute approximate surface area is 112 Å². The zero-order valence-electron chi connectivity index (χ0n) is 10.6. The van der Waals surface area contributed by atoms with Gasteiger partial charge in [0.05, 0.1) is 13.2 Å². The minimum atomic E-state index is -3.91. The van der Waals surface area contributed by atoms with Gasteiger partial charge in [-0.3, -0.25) is 4.57 Å². The normalized spacial score (nSPS) is 21.3. The molecule has 0 spiro atoms. The predicted molar refractivity (Wildman–Crippen MR) is 68.3 cm³/mol. The molecule has 0 N–H and O–H groups in total. The number of benzene rings is 1. The topological polar surface area (TPSA) is 78.9 Å². The Bertz CT molecular complexity index is 601. The standard InChI is InChI=1S/C11H15O6PS/c1-3-15-18(12,16-4-2)11-9-7-5-6-8-10(9)19(13,14)17-11/h5-8,11H,3-4H2,1-2H3. The first-order valence-electron chi connectivity index (χ1n) is 5.85. The smallest absolute Gasteiger partial charge is 0.307 e. The van der Waals surface area contributed by atoms with Crippen molar-refractivity contribution in [3.8, 4) is 0 Å². The minimum Gasteiger partial charge on any atom is -0.307 e. The van der Waals surface area contributed by atoms with Gasteiger partial charge < -0.3 is 9.05 Å². The second-order valence-corrected chi connectivity index (χ2v) is 7.42. The van der Waals surface area contributed by atoms with Crippen molar-refractivity contribution in [3.05, 3.63) is 29.8 Å². The third kappa shape index (κ3) is 2.61. The van der Waals surface area contributed by atoms with E-state index in [0.29, 0.717) is 5.56 Å². The molecule has 0 aromatic heterocycles. The fraction of sp³-hybridized carbons (Fsp3) is 0.455. The van der Waals surface area contributed by atoms with Gasteiger partial charge in [-0.2, -0.15) is 8.42 Å². The van der Waals surface area contributed by atoms with Gasteiger partial charge in [-0.15, -0.1) is 0 Å². The van der Waals surface area contributed by atoms with Gasteiger partial charge in [-0.05, 0) is 19.9 Å². The van der Waals surface area contributed by atoms with Crippen LogP contribution in [0.4, 0.5) is 0 Å². The molecule has 1 aromatic rings. The van der Waals surface area contributed by atoms with Gasteiger partial charge in [-0.25, -0.2) is 4.18 Å². The lowest BCUT2D eigenvalue weighted by molar-refractivity contribution is 0.170. The van der Waals surface area contributed by atoms with E-state index < -0.39 is 23.6 Å². The van der Waals surface area contributed by atoms with Crippen LogP contribution < -0.4 is 0 Å². The van der Waals surface area contributed by atoms with E-state index in [1.165, 1.54) is 6.07 Å². The van der Waals surface area contributed by atoms with Crippen molar-refractivity contribution in [1.82, 2.24) is 0 Å². The van der Waals surface area contributed by atoms with Crippen molar-refractivity contribution < 1.29 is 26.2 Å². The first-order chi connectivity index (χ1) is 8.94. The van der Waals surface area contributed by atoms with Crippen LogP contribution in [0.1, 0.15) is 25.3 Å². The van der Waals surface area contributed by atoms with E-state index in [0.717, 1.165) is 0 Å². The van der Waals surface area contributed by atoms with E-state index in [2.05, 4.69) is 0 Å². The number of fused-ring (bicyclic) bond motifs is 1. The predicted octanol–water partition coefficient (Wildman–Crippen LogP) is 2.67. The summed E-state index contributed by atoms with van der Waals surface area (Å²) in [6.45, 7) is 3.58. The maximum Gasteiger partial charge on any atom is 0.365 e. The highest BCUT2D eigenvalue weighted by molar-refractivity contribution is 7.87. The van der Waals surface area contributed by atoms with Crippen LogP contribution in [0.5, 0.6) is 0 Å². The number of hydrogen-bond donors (Lipinski definition) is 0. The Morgan fingerprint density at radius 1 is 1.21 bits per heavy atom. The van der Waals surface area contributed by atoms with E-state index in [1.807, 2.05) is 0 Å². The van der Waals surface area contributed by atoms with Crippen LogP contribution >= 0.6 is 7.60 Å². The van der Waals surface area contributed by atoms with Crippen LogP contribution in [0.25, 0.3) is 0 Å². The largest absolute Gasteiger partial charge is 0.365 e. The molecule has 1 aliphatic rings. The molecule has 1 aromatic carbocycles. The van der Waals surface area contributed by atoms with Crippen LogP contribution in [-0.4, -0.2) is 21.6 Å². The summed E-state index contributed by atoms with van der Waals surface area (Å²) in [7, 11) is -7.59. The molecule has 0 fully saturated rings. The average molecular weight is 306 g/mol. The third-order valence-corrected chi connectivity index (χ3v) is 6.27. The summed E-state index contributed by atoms with van der Waals surface area (Å²) in [5.41, 5.74) is 0.313. The second-order valence-electron chi connectivity index (χ2n) is 3.82. The van der Waals surface area contributed by atoms with Gasteiger partial charge in [0.15, 0.2) is 0 Å². The van der Waals surface area contributed by atoms with Crippen molar-refractivity contribution in [1.29, 1.82) is 0 Å². The van der Waals surface area contributed by atoms with Crippen molar-refractivity contribution >= 4 is 17.7 Å². The monoisotopic (exact) mass is 306 g/mol. The summed E-state index contributed by atoms with van der Waals surface area (Å²) in [5.74, 6) is -1.23. The lowest BCUT2D eigenvalue weighted by atomic mass is 10.2. The molecule has 1 unspecified atom stereocenters. The number of rotatable bonds is 5. The van der Waals surface area contributed by atoms with Gasteiger partial charge in [-0.1, -0.05) is 18.2 Å². The van der Waals surface area contributed by atoms with Crippen molar-refractivity contribution in [2.24, 2.45) is 0 Å². The molecule has 0 radical (unpaired) electrons. The molecule has 8 heteroatoms. The lowest BCUT2D eigenvalue weighted by Gasteiger charge is -2.21. The van der Waals surface area contributed by atoms with Gasteiger partial charge >= 0.3 is 7.60 Å². The van der Waals surface area contributed by atoms with Crippen LogP contribution in [0.15, 0.2) is 29.2 Å². The molecule has 0 saturated heterocycles. The maximum atomic E-state index is 12.6. The quantitative estimate of drug-likeness (QED) is 0.614. The van der Waals surface area contributed by atoms with Crippen LogP contribution in [0.2, 0.25) is 0 Å². The molecule has 1 heterocycles. The summed E-state index contributed by atoms with van der Waals surface area (Å²) in [6.07, 6.45) is 0. The van der Waals surface area contributed by atoms with Gasteiger partial charge in [0.2, 0.25) is 5.85 Å². The zero-order valence-corrected chi connectivity index (χ0v) is 12.3.